The zero-order chi connectivity index (χ0) is 14.1. The van der Waals surface area contributed by atoms with Gasteiger partial charge in [0.15, 0.2) is 6.61 Å². The lowest BCUT2D eigenvalue weighted by Gasteiger charge is -2.09. The quantitative estimate of drug-likeness (QED) is 0.711. The number of nitrogens with zero attached hydrogens (tertiary/aromatic N) is 2. The monoisotopic (exact) mass is 400 g/mol. The molecule has 0 N–H and O–H groups in total. The van der Waals surface area contributed by atoms with Crippen molar-refractivity contribution in [2.45, 2.75) is 25.4 Å². The Labute approximate surface area is 132 Å². The molecule has 1 fully saturated rings. The summed E-state index contributed by atoms with van der Waals surface area (Å²) in [5.41, 5.74) is 0.562. The van der Waals surface area contributed by atoms with Gasteiger partial charge in [0.25, 0.3) is 0 Å². The van der Waals surface area contributed by atoms with Gasteiger partial charge in [-0.05, 0) is 56.8 Å². The second-order valence-corrected chi connectivity index (χ2v) is 6.25. The Hall–Kier alpha value is -1.21. The molecule has 0 bridgehead atoms. The molecule has 1 aliphatic rings. The number of aromatic nitrogens is 2. The Morgan fingerprint density at radius 1 is 1.35 bits per heavy atom. The zero-order valence-corrected chi connectivity index (χ0v) is 13.5. The SMILES string of the molecule is O=Cc1cc(Br)c(OCc2noc(C3CC3)n2)c(Br)c1. The molecule has 7 heteroatoms. The van der Waals surface area contributed by atoms with Crippen LogP contribution in [0.2, 0.25) is 0 Å². The Kier molecular flexibility index (Phi) is 3.89. The summed E-state index contributed by atoms with van der Waals surface area (Å²) in [6.45, 7) is 0.216. The molecule has 2 aromatic rings. The molecule has 5 nitrogen and oxygen atoms in total. The fourth-order valence-electron chi connectivity index (χ4n) is 1.74. The van der Waals surface area contributed by atoms with Crippen LogP contribution < -0.4 is 4.74 Å². The first kappa shape index (κ1) is 13.8. The molecule has 1 aliphatic carbocycles. The molecule has 0 atom stereocenters. The van der Waals surface area contributed by atoms with Crippen molar-refractivity contribution in [1.29, 1.82) is 0 Å². The van der Waals surface area contributed by atoms with Gasteiger partial charge in [-0.25, -0.2) is 0 Å². The molecule has 1 aromatic heterocycles. The molecule has 0 aliphatic heterocycles. The lowest BCUT2D eigenvalue weighted by atomic mass is 10.2. The Morgan fingerprint density at radius 2 is 2.05 bits per heavy atom. The van der Waals surface area contributed by atoms with E-state index in [-0.39, 0.29) is 6.61 Å². The summed E-state index contributed by atoms with van der Waals surface area (Å²) < 4.78 is 12.2. The van der Waals surface area contributed by atoms with Crippen LogP contribution in [0.25, 0.3) is 0 Å². The summed E-state index contributed by atoms with van der Waals surface area (Å²) in [6.07, 6.45) is 3.01. The maximum atomic E-state index is 10.8. The van der Waals surface area contributed by atoms with Crippen LogP contribution in [0.4, 0.5) is 0 Å². The number of hydrogen-bond acceptors (Lipinski definition) is 5. The van der Waals surface area contributed by atoms with Crippen molar-refractivity contribution in [3.05, 3.63) is 38.4 Å². The van der Waals surface area contributed by atoms with Gasteiger partial charge in [0, 0.05) is 11.5 Å². The lowest BCUT2D eigenvalue weighted by Crippen LogP contribution is -1.99. The normalized spacial score (nSPS) is 14.3. The Morgan fingerprint density at radius 3 is 2.65 bits per heavy atom. The van der Waals surface area contributed by atoms with Gasteiger partial charge in [-0.3, -0.25) is 4.79 Å². The van der Waals surface area contributed by atoms with Crippen molar-refractivity contribution in [3.8, 4) is 5.75 Å². The van der Waals surface area contributed by atoms with Crippen molar-refractivity contribution in [1.82, 2.24) is 10.1 Å². The number of ether oxygens (including phenoxy) is 1. The number of aldehydes is 1. The fourth-order valence-corrected chi connectivity index (χ4v) is 3.20. The first-order chi connectivity index (χ1) is 9.67. The van der Waals surface area contributed by atoms with Gasteiger partial charge in [-0.2, -0.15) is 4.98 Å². The highest BCUT2D eigenvalue weighted by Gasteiger charge is 2.29. The highest BCUT2D eigenvalue weighted by atomic mass is 79.9. The van der Waals surface area contributed by atoms with Crippen LogP contribution in [-0.2, 0) is 6.61 Å². The number of carbonyl (C=O) groups excluding carboxylic acids is 1. The zero-order valence-electron chi connectivity index (χ0n) is 10.3. The van der Waals surface area contributed by atoms with Gasteiger partial charge < -0.3 is 9.26 Å². The molecule has 1 heterocycles. The largest absolute Gasteiger partial charge is 0.483 e. The smallest absolute Gasteiger partial charge is 0.229 e. The lowest BCUT2D eigenvalue weighted by molar-refractivity contribution is 0.112. The first-order valence-electron chi connectivity index (χ1n) is 6.07. The van der Waals surface area contributed by atoms with Gasteiger partial charge in [-0.1, -0.05) is 5.16 Å². The minimum absolute atomic E-state index is 0.216. The summed E-state index contributed by atoms with van der Waals surface area (Å²) >= 11 is 6.75. The minimum atomic E-state index is 0.216. The van der Waals surface area contributed by atoms with Crippen molar-refractivity contribution < 1.29 is 14.1 Å². The van der Waals surface area contributed by atoms with Gasteiger partial charge in [-0.15, -0.1) is 0 Å². The predicted molar refractivity (Wildman–Crippen MR) is 77.8 cm³/mol. The van der Waals surface area contributed by atoms with Crippen molar-refractivity contribution in [3.63, 3.8) is 0 Å². The molecule has 20 heavy (non-hydrogen) atoms. The molecule has 3 rings (SSSR count). The van der Waals surface area contributed by atoms with Crippen LogP contribution in [0.1, 0.15) is 40.8 Å². The molecule has 1 saturated carbocycles. The predicted octanol–water partition coefficient (Wildman–Crippen LogP) is 3.86. The second-order valence-electron chi connectivity index (χ2n) is 4.54. The standard InChI is InChI=1S/C13H10Br2N2O3/c14-9-3-7(5-18)4-10(15)12(9)19-6-11-16-13(20-17-11)8-1-2-8/h3-5,8H,1-2,6H2. The summed E-state index contributed by atoms with van der Waals surface area (Å²) in [4.78, 5) is 15.0. The van der Waals surface area contributed by atoms with Crippen molar-refractivity contribution in [2.75, 3.05) is 0 Å². The molecule has 0 spiro atoms. The average Bonchev–Trinajstić information content (AvgIpc) is 3.17. The average molecular weight is 402 g/mol. The summed E-state index contributed by atoms with van der Waals surface area (Å²) in [5, 5.41) is 3.89. The van der Waals surface area contributed by atoms with Gasteiger partial charge in [0.2, 0.25) is 11.7 Å². The van der Waals surface area contributed by atoms with E-state index in [9.17, 15) is 4.79 Å². The Balaban J connectivity index is 1.72. The van der Waals surface area contributed by atoms with E-state index in [1.807, 2.05) is 0 Å². The molecular weight excluding hydrogens is 392 g/mol. The summed E-state index contributed by atoms with van der Waals surface area (Å²) in [5.74, 6) is 2.25. The maximum absolute atomic E-state index is 10.8. The topological polar surface area (TPSA) is 65.2 Å². The molecule has 1 aromatic carbocycles. The Bertz CT molecular complexity index is 630. The highest BCUT2D eigenvalue weighted by Crippen LogP contribution is 2.39. The number of carbonyl (C=O) groups is 1. The van der Waals surface area contributed by atoms with Crippen molar-refractivity contribution >= 4 is 38.1 Å². The maximum Gasteiger partial charge on any atom is 0.229 e. The highest BCUT2D eigenvalue weighted by molar-refractivity contribution is 9.11. The van der Waals surface area contributed by atoms with Crippen LogP contribution in [0, 0.1) is 0 Å². The van der Waals surface area contributed by atoms with E-state index in [2.05, 4.69) is 42.0 Å². The molecule has 0 radical (unpaired) electrons. The third-order valence-electron chi connectivity index (χ3n) is 2.91. The van der Waals surface area contributed by atoms with Gasteiger partial charge in [0.1, 0.15) is 12.0 Å². The van der Waals surface area contributed by atoms with E-state index in [4.69, 9.17) is 9.26 Å². The molecule has 104 valence electrons. The molecule has 0 amide bonds. The van der Waals surface area contributed by atoms with Gasteiger partial charge in [0.05, 0.1) is 8.95 Å². The second kappa shape index (κ2) is 5.65. The number of benzene rings is 1. The van der Waals surface area contributed by atoms with Gasteiger partial charge >= 0.3 is 0 Å². The van der Waals surface area contributed by atoms with Crippen LogP contribution in [0.3, 0.4) is 0 Å². The fraction of sp³-hybridized carbons (Fsp3) is 0.308. The van der Waals surface area contributed by atoms with E-state index < -0.39 is 0 Å². The third kappa shape index (κ3) is 2.93. The van der Waals surface area contributed by atoms with Crippen LogP contribution in [0.5, 0.6) is 5.75 Å². The molecule has 0 saturated heterocycles. The third-order valence-corrected chi connectivity index (χ3v) is 4.09. The van der Waals surface area contributed by atoms with Crippen LogP contribution in [-0.4, -0.2) is 16.4 Å². The van der Waals surface area contributed by atoms with E-state index in [0.717, 1.165) is 19.1 Å². The number of rotatable bonds is 5. The van der Waals surface area contributed by atoms with E-state index in [1.165, 1.54) is 0 Å². The molecular formula is C13H10Br2N2O3. The van der Waals surface area contributed by atoms with E-state index >= 15 is 0 Å². The minimum Gasteiger partial charge on any atom is -0.483 e. The van der Waals surface area contributed by atoms with E-state index in [0.29, 0.717) is 37.9 Å². The number of hydrogen-bond donors (Lipinski definition) is 0. The number of halogens is 2. The molecule has 0 unspecified atom stereocenters. The summed E-state index contributed by atoms with van der Waals surface area (Å²) in [6, 6.07) is 3.39. The van der Waals surface area contributed by atoms with Crippen LogP contribution >= 0.6 is 31.9 Å². The van der Waals surface area contributed by atoms with Crippen molar-refractivity contribution in [2.24, 2.45) is 0 Å². The first-order valence-corrected chi connectivity index (χ1v) is 7.65. The van der Waals surface area contributed by atoms with Crippen LogP contribution in [0.15, 0.2) is 25.6 Å². The summed E-state index contributed by atoms with van der Waals surface area (Å²) in [7, 11) is 0. The van der Waals surface area contributed by atoms with E-state index in [1.54, 1.807) is 12.1 Å².